The first-order valence-electron chi connectivity index (χ1n) is 4.86. The Bertz CT molecular complexity index is 145. The Morgan fingerprint density at radius 3 is 2.17 bits per heavy atom. The lowest BCUT2D eigenvalue weighted by molar-refractivity contribution is 0.0349. The van der Waals surface area contributed by atoms with Gasteiger partial charge in [0.25, 0.3) is 0 Å². The van der Waals surface area contributed by atoms with Crippen LogP contribution in [0.15, 0.2) is 0 Å². The predicted octanol–water partition coefficient (Wildman–Crippen LogP) is 2.47. The molecule has 1 rings (SSSR count). The van der Waals surface area contributed by atoms with Gasteiger partial charge in [0.05, 0.1) is 0 Å². The van der Waals surface area contributed by atoms with E-state index in [1.54, 1.807) is 0 Å². The molecule has 2 atom stereocenters. The highest BCUT2D eigenvalue weighted by molar-refractivity contribution is 7.99. The lowest BCUT2D eigenvalue weighted by Gasteiger charge is -2.52. The van der Waals surface area contributed by atoms with Gasteiger partial charge in [0.15, 0.2) is 0 Å². The maximum absolute atomic E-state index is 2.62. The summed E-state index contributed by atoms with van der Waals surface area (Å²) in [5, 5.41) is 0.882. The Morgan fingerprint density at radius 2 is 1.83 bits per heavy atom. The van der Waals surface area contributed by atoms with Crippen LogP contribution in [0.4, 0.5) is 0 Å². The van der Waals surface area contributed by atoms with Crippen molar-refractivity contribution in [1.82, 2.24) is 4.90 Å². The summed E-state index contributed by atoms with van der Waals surface area (Å²) in [6.45, 7) is 10.6. The van der Waals surface area contributed by atoms with Crippen LogP contribution in [-0.2, 0) is 0 Å². The molecule has 0 aromatic heterocycles. The van der Waals surface area contributed by atoms with E-state index in [4.69, 9.17) is 0 Å². The van der Waals surface area contributed by atoms with E-state index in [2.05, 4.69) is 38.9 Å². The Balaban J connectivity index is 2.50. The molecule has 2 heteroatoms. The van der Waals surface area contributed by atoms with Crippen molar-refractivity contribution < 1.29 is 0 Å². The van der Waals surface area contributed by atoms with Crippen molar-refractivity contribution in [2.24, 2.45) is 5.92 Å². The van der Waals surface area contributed by atoms with Crippen molar-refractivity contribution in [1.29, 1.82) is 0 Å². The van der Waals surface area contributed by atoms with Crippen LogP contribution in [0.3, 0.4) is 0 Å². The standard InChI is InChI=1S/C10H21NS/c1-7(2)10-9(12-5)6-11(10)8(3)4/h7-10H,6H2,1-5H3. The highest BCUT2D eigenvalue weighted by atomic mass is 32.2. The van der Waals surface area contributed by atoms with Crippen molar-refractivity contribution in [3.8, 4) is 0 Å². The third kappa shape index (κ3) is 1.80. The SMILES string of the molecule is CSC1CN(C(C)C)C1C(C)C. The summed E-state index contributed by atoms with van der Waals surface area (Å²) in [6, 6.07) is 1.54. The maximum Gasteiger partial charge on any atom is 0.0330 e. The van der Waals surface area contributed by atoms with Gasteiger partial charge in [-0.1, -0.05) is 13.8 Å². The smallest absolute Gasteiger partial charge is 0.0330 e. The van der Waals surface area contributed by atoms with Crippen LogP contribution >= 0.6 is 11.8 Å². The van der Waals surface area contributed by atoms with E-state index in [1.165, 1.54) is 6.54 Å². The second-order valence-corrected chi connectivity index (χ2v) is 5.38. The number of rotatable bonds is 3. The van der Waals surface area contributed by atoms with Gasteiger partial charge in [-0.2, -0.15) is 11.8 Å². The zero-order chi connectivity index (χ0) is 9.30. The first kappa shape index (κ1) is 10.4. The van der Waals surface area contributed by atoms with Crippen molar-refractivity contribution in [2.45, 2.75) is 45.0 Å². The quantitative estimate of drug-likeness (QED) is 0.668. The van der Waals surface area contributed by atoms with Crippen molar-refractivity contribution in [3.63, 3.8) is 0 Å². The first-order chi connectivity index (χ1) is 5.57. The molecule has 72 valence electrons. The molecule has 1 heterocycles. The number of hydrogen-bond acceptors (Lipinski definition) is 2. The van der Waals surface area contributed by atoms with Crippen LogP contribution in [-0.4, -0.2) is 35.0 Å². The highest BCUT2D eigenvalue weighted by Gasteiger charge is 2.40. The Morgan fingerprint density at radius 1 is 1.25 bits per heavy atom. The molecule has 0 aromatic carbocycles. The van der Waals surface area contributed by atoms with E-state index in [1.807, 2.05) is 11.8 Å². The number of hydrogen-bond donors (Lipinski definition) is 0. The molecule has 2 unspecified atom stereocenters. The van der Waals surface area contributed by atoms with Crippen molar-refractivity contribution in [3.05, 3.63) is 0 Å². The average molecular weight is 187 g/mol. The molecule has 0 saturated carbocycles. The Hall–Kier alpha value is 0.310. The van der Waals surface area contributed by atoms with Crippen LogP contribution in [0, 0.1) is 5.92 Å². The number of thioether (sulfide) groups is 1. The molecule has 0 bridgehead atoms. The van der Waals surface area contributed by atoms with E-state index in [0.29, 0.717) is 0 Å². The molecule has 0 radical (unpaired) electrons. The number of likely N-dealkylation sites (tertiary alicyclic amines) is 1. The monoisotopic (exact) mass is 187 g/mol. The lowest BCUT2D eigenvalue weighted by atomic mass is 9.90. The molecule has 1 aliphatic rings. The van der Waals surface area contributed by atoms with E-state index in [0.717, 1.165) is 23.3 Å². The van der Waals surface area contributed by atoms with Gasteiger partial charge in [-0.25, -0.2) is 0 Å². The second kappa shape index (κ2) is 4.01. The molecule has 0 aromatic rings. The predicted molar refractivity (Wildman–Crippen MR) is 57.8 cm³/mol. The van der Waals surface area contributed by atoms with Crippen molar-refractivity contribution in [2.75, 3.05) is 12.8 Å². The minimum absolute atomic E-state index is 0.723. The van der Waals surface area contributed by atoms with Gasteiger partial charge in [-0.3, -0.25) is 4.90 Å². The fourth-order valence-electron chi connectivity index (χ4n) is 2.09. The molecule has 12 heavy (non-hydrogen) atoms. The first-order valence-corrected chi connectivity index (χ1v) is 6.15. The molecule has 0 spiro atoms. The zero-order valence-corrected chi connectivity index (χ0v) is 9.69. The number of nitrogens with zero attached hydrogens (tertiary/aromatic N) is 1. The summed E-state index contributed by atoms with van der Waals surface area (Å²) in [4.78, 5) is 2.62. The minimum atomic E-state index is 0.723. The van der Waals surface area contributed by atoms with Crippen LogP contribution in [0.2, 0.25) is 0 Å². The van der Waals surface area contributed by atoms with Crippen molar-refractivity contribution >= 4 is 11.8 Å². The third-order valence-corrected chi connectivity index (χ3v) is 3.84. The molecule has 0 aliphatic carbocycles. The average Bonchev–Trinajstić information content (AvgIpc) is 1.83. The fourth-order valence-corrected chi connectivity index (χ4v) is 3.17. The summed E-state index contributed by atoms with van der Waals surface area (Å²) in [5.74, 6) is 0.804. The third-order valence-electron chi connectivity index (χ3n) is 2.80. The van der Waals surface area contributed by atoms with Gasteiger partial charge in [0.1, 0.15) is 0 Å². The van der Waals surface area contributed by atoms with Gasteiger partial charge in [-0.05, 0) is 26.0 Å². The van der Waals surface area contributed by atoms with Gasteiger partial charge in [0.2, 0.25) is 0 Å². The summed E-state index contributed by atoms with van der Waals surface area (Å²) in [6.07, 6.45) is 2.23. The Labute approximate surface area is 80.9 Å². The molecule has 0 N–H and O–H groups in total. The van der Waals surface area contributed by atoms with E-state index >= 15 is 0 Å². The highest BCUT2D eigenvalue weighted by Crippen LogP contribution is 2.34. The van der Waals surface area contributed by atoms with Gasteiger partial charge < -0.3 is 0 Å². The molecule has 1 aliphatic heterocycles. The normalized spacial score (nSPS) is 31.2. The molecule has 1 fully saturated rings. The molecular formula is C10H21NS. The second-order valence-electron chi connectivity index (χ2n) is 4.30. The fraction of sp³-hybridized carbons (Fsp3) is 1.00. The van der Waals surface area contributed by atoms with E-state index in [9.17, 15) is 0 Å². The summed E-state index contributed by atoms with van der Waals surface area (Å²) >= 11 is 2.03. The minimum Gasteiger partial charge on any atom is -0.295 e. The van der Waals surface area contributed by atoms with E-state index in [-0.39, 0.29) is 0 Å². The molecule has 0 amide bonds. The van der Waals surface area contributed by atoms with E-state index < -0.39 is 0 Å². The Kier molecular flexibility index (Phi) is 3.47. The largest absolute Gasteiger partial charge is 0.295 e. The summed E-state index contributed by atoms with van der Waals surface area (Å²) in [5.41, 5.74) is 0. The van der Waals surface area contributed by atoms with Crippen LogP contribution in [0.5, 0.6) is 0 Å². The molecular weight excluding hydrogens is 166 g/mol. The molecule has 1 nitrogen and oxygen atoms in total. The summed E-state index contributed by atoms with van der Waals surface area (Å²) < 4.78 is 0. The van der Waals surface area contributed by atoms with Crippen LogP contribution in [0.25, 0.3) is 0 Å². The zero-order valence-electron chi connectivity index (χ0n) is 8.87. The van der Waals surface area contributed by atoms with Gasteiger partial charge in [-0.15, -0.1) is 0 Å². The van der Waals surface area contributed by atoms with Gasteiger partial charge >= 0.3 is 0 Å². The summed E-state index contributed by atoms with van der Waals surface area (Å²) in [7, 11) is 0. The molecule has 1 saturated heterocycles. The maximum atomic E-state index is 2.62. The van der Waals surface area contributed by atoms with Gasteiger partial charge in [0, 0.05) is 23.9 Å². The lowest BCUT2D eigenvalue weighted by Crippen LogP contribution is -2.63. The van der Waals surface area contributed by atoms with Crippen LogP contribution in [0.1, 0.15) is 27.7 Å². The topological polar surface area (TPSA) is 3.24 Å². The van der Waals surface area contributed by atoms with Crippen LogP contribution < -0.4 is 0 Å².